The Kier molecular flexibility index (Phi) is 4.00. The van der Waals surface area contributed by atoms with Crippen molar-refractivity contribution in [3.63, 3.8) is 0 Å². The predicted molar refractivity (Wildman–Crippen MR) is 90.8 cm³/mol. The molecule has 5 rings (SSSR count). The lowest BCUT2D eigenvalue weighted by Crippen LogP contribution is -2.49. The molecule has 1 aromatic carbocycles. The Bertz CT molecular complexity index is 480. The molecule has 0 spiro atoms. The average molecular weight is 318 g/mol. The van der Waals surface area contributed by atoms with Gasteiger partial charge in [-0.25, -0.2) is 0 Å². The third-order valence-electron chi connectivity index (χ3n) is 6.02. The summed E-state index contributed by atoms with van der Waals surface area (Å²) in [5.74, 6) is 2.75. The molecule has 0 aliphatic heterocycles. The first-order valence-electron chi connectivity index (χ1n) is 8.69. The Morgan fingerprint density at radius 1 is 1.00 bits per heavy atom. The molecule has 22 heavy (non-hydrogen) atoms. The SMILES string of the molecule is OC[C@H](O)[C@H](SC12CC3CC(CC(C3)C1)C2)c1ccccc1. The van der Waals surface area contributed by atoms with Crippen molar-refractivity contribution in [1.82, 2.24) is 0 Å². The Labute approximate surface area is 137 Å². The van der Waals surface area contributed by atoms with Gasteiger partial charge in [0, 0.05) is 4.75 Å². The van der Waals surface area contributed by atoms with Gasteiger partial charge in [0.25, 0.3) is 0 Å². The van der Waals surface area contributed by atoms with Crippen molar-refractivity contribution in [3.8, 4) is 0 Å². The van der Waals surface area contributed by atoms with Gasteiger partial charge in [0.05, 0.1) is 18.0 Å². The molecule has 1 aromatic rings. The van der Waals surface area contributed by atoms with Crippen LogP contribution in [0.25, 0.3) is 0 Å². The van der Waals surface area contributed by atoms with Crippen LogP contribution in [0.4, 0.5) is 0 Å². The highest BCUT2D eigenvalue weighted by Crippen LogP contribution is 2.63. The molecular formula is C19H26O2S. The summed E-state index contributed by atoms with van der Waals surface area (Å²) < 4.78 is 0.353. The fraction of sp³-hybridized carbons (Fsp3) is 0.684. The zero-order chi connectivity index (χ0) is 15.2. The molecule has 2 N–H and O–H groups in total. The quantitative estimate of drug-likeness (QED) is 0.868. The van der Waals surface area contributed by atoms with Crippen molar-refractivity contribution in [2.24, 2.45) is 17.8 Å². The van der Waals surface area contributed by atoms with Crippen LogP contribution in [0.5, 0.6) is 0 Å². The number of aliphatic hydroxyl groups is 2. The third kappa shape index (κ3) is 2.72. The molecular weight excluding hydrogens is 292 g/mol. The Morgan fingerprint density at radius 2 is 1.55 bits per heavy atom. The predicted octanol–water partition coefficient (Wildman–Crippen LogP) is 3.78. The minimum absolute atomic E-state index is 0.00227. The van der Waals surface area contributed by atoms with Crippen molar-refractivity contribution in [2.75, 3.05) is 6.61 Å². The first-order valence-corrected chi connectivity index (χ1v) is 9.57. The van der Waals surface area contributed by atoms with Gasteiger partial charge in [-0.2, -0.15) is 0 Å². The zero-order valence-electron chi connectivity index (χ0n) is 13.0. The molecule has 0 radical (unpaired) electrons. The minimum Gasteiger partial charge on any atom is -0.394 e. The van der Waals surface area contributed by atoms with E-state index in [0.717, 1.165) is 23.3 Å². The van der Waals surface area contributed by atoms with Gasteiger partial charge in [-0.1, -0.05) is 30.3 Å². The van der Waals surface area contributed by atoms with Crippen LogP contribution in [-0.4, -0.2) is 27.7 Å². The third-order valence-corrected chi connectivity index (χ3v) is 7.86. The number of thioether (sulfide) groups is 1. The van der Waals surface area contributed by atoms with E-state index in [0.29, 0.717) is 4.75 Å². The van der Waals surface area contributed by atoms with Gasteiger partial charge < -0.3 is 10.2 Å². The molecule has 2 nitrogen and oxygen atoms in total. The molecule has 3 heteroatoms. The minimum atomic E-state index is -0.666. The molecule has 0 amide bonds. The lowest BCUT2D eigenvalue weighted by atomic mass is 9.56. The maximum absolute atomic E-state index is 10.4. The van der Waals surface area contributed by atoms with Crippen LogP contribution in [0.1, 0.15) is 49.3 Å². The van der Waals surface area contributed by atoms with Gasteiger partial charge in [0.1, 0.15) is 0 Å². The van der Waals surface area contributed by atoms with Gasteiger partial charge in [-0.15, -0.1) is 11.8 Å². The van der Waals surface area contributed by atoms with Gasteiger partial charge in [0.15, 0.2) is 0 Å². The highest BCUT2D eigenvalue weighted by atomic mass is 32.2. The van der Waals surface area contributed by atoms with Crippen LogP contribution >= 0.6 is 11.8 Å². The summed E-state index contributed by atoms with van der Waals surface area (Å²) >= 11 is 1.98. The highest BCUT2D eigenvalue weighted by Gasteiger charge is 2.52. The van der Waals surface area contributed by atoms with Crippen LogP contribution in [0.2, 0.25) is 0 Å². The van der Waals surface area contributed by atoms with E-state index >= 15 is 0 Å². The van der Waals surface area contributed by atoms with E-state index in [1.807, 2.05) is 30.0 Å². The smallest absolute Gasteiger partial charge is 0.0930 e. The van der Waals surface area contributed by atoms with E-state index in [2.05, 4.69) is 12.1 Å². The number of rotatable bonds is 5. The van der Waals surface area contributed by atoms with Gasteiger partial charge >= 0.3 is 0 Å². The molecule has 0 heterocycles. The second-order valence-electron chi connectivity index (χ2n) is 7.80. The van der Waals surface area contributed by atoms with Crippen LogP contribution in [-0.2, 0) is 0 Å². The second kappa shape index (κ2) is 5.85. The summed E-state index contributed by atoms with van der Waals surface area (Å²) in [6.07, 6.45) is 7.64. The van der Waals surface area contributed by atoms with Crippen molar-refractivity contribution < 1.29 is 10.2 Å². The fourth-order valence-electron chi connectivity index (χ4n) is 5.55. The second-order valence-corrected chi connectivity index (χ2v) is 9.41. The number of benzene rings is 1. The average Bonchev–Trinajstić information content (AvgIpc) is 2.51. The molecule has 4 fully saturated rings. The van der Waals surface area contributed by atoms with E-state index < -0.39 is 6.10 Å². The van der Waals surface area contributed by atoms with Crippen molar-refractivity contribution >= 4 is 11.8 Å². The summed E-state index contributed by atoms with van der Waals surface area (Å²) in [5.41, 5.74) is 1.16. The summed E-state index contributed by atoms with van der Waals surface area (Å²) in [6.45, 7) is -0.154. The fourth-order valence-corrected chi connectivity index (χ4v) is 7.62. The van der Waals surface area contributed by atoms with E-state index in [-0.39, 0.29) is 11.9 Å². The lowest BCUT2D eigenvalue weighted by molar-refractivity contribution is 0.0366. The first-order chi connectivity index (χ1) is 10.7. The molecule has 0 aromatic heterocycles. The molecule has 4 bridgehead atoms. The summed E-state index contributed by atoms with van der Waals surface area (Å²) in [5, 5.41) is 19.9. The molecule has 4 aliphatic rings. The molecule has 120 valence electrons. The van der Waals surface area contributed by atoms with E-state index in [1.165, 1.54) is 38.5 Å². The Hall–Kier alpha value is -0.510. The molecule has 2 atom stereocenters. The van der Waals surface area contributed by atoms with E-state index in [1.54, 1.807) is 0 Å². The Balaban J connectivity index is 1.59. The van der Waals surface area contributed by atoms with Crippen molar-refractivity contribution in [3.05, 3.63) is 35.9 Å². The van der Waals surface area contributed by atoms with Crippen LogP contribution < -0.4 is 0 Å². The molecule has 4 saturated carbocycles. The standard InChI is InChI=1S/C19H26O2S/c20-12-17(21)18(16-4-2-1-3-5-16)22-19-9-13-6-14(10-19)8-15(7-13)11-19/h1-5,13-15,17-18,20-21H,6-12H2/t13?,14?,15?,17-,18+,19?/m0/s1. The first kappa shape index (κ1) is 15.0. The number of aliphatic hydroxyl groups excluding tert-OH is 2. The highest BCUT2D eigenvalue weighted by molar-refractivity contribution is 8.00. The van der Waals surface area contributed by atoms with Crippen LogP contribution in [0, 0.1) is 17.8 Å². The van der Waals surface area contributed by atoms with Gasteiger partial charge in [-0.05, 0) is 61.8 Å². The molecule has 0 saturated heterocycles. The molecule has 0 unspecified atom stereocenters. The van der Waals surface area contributed by atoms with Crippen molar-refractivity contribution in [1.29, 1.82) is 0 Å². The van der Waals surface area contributed by atoms with Crippen molar-refractivity contribution in [2.45, 2.75) is 54.6 Å². The van der Waals surface area contributed by atoms with Gasteiger partial charge in [0.2, 0.25) is 0 Å². The maximum atomic E-state index is 10.4. The van der Waals surface area contributed by atoms with Crippen LogP contribution in [0.3, 0.4) is 0 Å². The number of hydrogen-bond acceptors (Lipinski definition) is 3. The zero-order valence-corrected chi connectivity index (χ0v) is 13.8. The van der Waals surface area contributed by atoms with E-state index in [9.17, 15) is 10.2 Å². The summed E-state index contributed by atoms with van der Waals surface area (Å²) in [7, 11) is 0. The summed E-state index contributed by atoms with van der Waals surface area (Å²) in [4.78, 5) is 0. The largest absolute Gasteiger partial charge is 0.394 e. The normalized spacial score (nSPS) is 38.9. The van der Waals surface area contributed by atoms with E-state index in [4.69, 9.17) is 0 Å². The van der Waals surface area contributed by atoms with Gasteiger partial charge in [-0.3, -0.25) is 0 Å². The summed E-state index contributed by atoms with van der Waals surface area (Å²) in [6, 6.07) is 10.3. The maximum Gasteiger partial charge on any atom is 0.0930 e. The molecule has 4 aliphatic carbocycles. The lowest BCUT2D eigenvalue weighted by Gasteiger charge is -2.57. The topological polar surface area (TPSA) is 40.5 Å². The monoisotopic (exact) mass is 318 g/mol. The number of hydrogen-bond donors (Lipinski definition) is 2. The Morgan fingerprint density at radius 3 is 2.05 bits per heavy atom. The van der Waals surface area contributed by atoms with Crippen LogP contribution in [0.15, 0.2) is 30.3 Å².